The third-order valence-electron chi connectivity index (χ3n) is 2.01. The third-order valence-corrected chi connectivity index (χ3v) is 2.40. The van der Waals surface area contributed by atoms with Crippen molar-refractivity contribution >= 4 is 11.6 Å². The highest BCUT2D eigenvalue weighted by Gasteiger charge is 2.02. The Balaban J connectivity index is 3.09. The molecule has 0 saturated carbocycles. The average molecular weight is 184 g/mol. The Kier molecular flexibility index (Phi) is 3.12. The Morgan fingerprint density at radius 3 is 2.58 bits per heavy atom. The van der Waals surface area contributed by atoms with Gasteiger partial charge in [0, 0.05) is 5.02 Å². The number of aryl methyl sites for hydroxylation is 1. The summed E-state index contributed by atoms with van der Waals surface area (Å²) in [6.07, 6.45) is 0.910. The van der Waals surface area contributed by atoms with Gasteiger partial charge in [-0.3, -0.25) is 0 Å². The normalized spacial score (nSPS) is 10.3. The van der Waals surface area contributed by atoms with E-state index in [0.29, 0.717) is 6.54 Å². The van der Waals surface area contributed by atoms with Crippen molar-refractivity contribution in [3.05, 3.63) is 33.8 Å². The van der Waals surface area contributed by atoms with Gasteiger partial charge in [0.25, 0.3) is 0 Å². The molecule has 0 radical (unpaired) electrons. The van der Waals surface area contributed by atoms with Crippen LogP contribution >= 0.6 is 11.6 Å². The number of rotatable bonds is 2. The van der Waals surface area contributed by atoms with Crippen LogP contribution in [0.25, 0.3) is 0 Å². The highest BCUT2D eigenvalue weighted by Crippen LogP contribution is 2.21. The van der Waals surface area contributed by atoms with Crippen molar-refractivity contribution in [2.45, 2.75) is 20.3 Å². The van der Waals surface area contributed by atoms with Crippen molar-refractivity contribution in [1.29, 1.82) is 0 Å². The van der Waals surface area contributed by atoms with Gasteiger partial charge in [-0.15, -0.1) is 0 Å². The van der Waals surface area contributed by atoms with E-state index in [1.807, 2.05) is 19.9 Å². The summed E-state index contributed by atoms with van der Waals surface area (Å²) < 4.78 is 0. The average Bonchev–Trinajstić information content (AvgIpc) is 2.00. The van der Waals surface area contributed by atoms with Gasteiger partial charge in [-0.2, -0.15) is 0 Å². The molecule has 1 aromatic carbocycles. The molecule has 2 heteroatoms. The van der Waals surface area contributed by atoms with Crippen molar-refractivity contribution in [3.8, 4) is 0 Å². The van der Waals surface area contributed by atoms with Crippen LogP contribution in [-0.4, -0.2) is 6.54 Å². The smallest absolute Gasteiger partial charge is 0.0440 e. The Bertz CT molecular complexity index is 281. The lowest BCUT2D eigenvalue weighted by molar-refractivity contribution is 0.956. The second kappa shape index (κ2) is 3.92. The van der Waals surface area contributed by atoms with Gasteiger partial charge >= 0.3 is 0 Å². The molecule has 0 saturated heterocycles. The molecule has 0 aliphatic rings. The number of nitrogens with two attached hydrogens (primary N) is 1. The Hall–Kier alpha value is -0.530. The fraction of sp³-hybridized carbons (Fsp3) is 0.400. The highest BCUT2D eigenvalue weighted by atomic mass is 35.5. The Labute approximate surface area is 78.5 Å². The van der Waals surface area contributed by atoms with Crippen LogP contribution in [0, 0.1) is 13.8 Å². The topological polar surface area (TPSA) is 26.0 Å². The summed E-state index contributed by atoms with van der Waals surface area (Å²) in [6, 6.07) is 4.13. The van der Waals surface area contributed by atoms with Crippen LogP contribution in [0.4, 0.5) is 0 Å². The van der Waals surface area contributed by atoms with E-state index in [1.54, 1.807) is 0 Å². The number of benzene rings is 1. The molecule has 0 heterocycles. The second-order valence-corrected chi connectivity index (χ2v) is 3.48. The van der Waals surface area contributed by atoms with Crippen LogP contribution in [0.1, 0.15) is 16.7 Å². The summed E-state index contributed by atoms with van der Waals surface area (Å²) in [5.41, 5.74) is 9.12. The van der Waals surface area contributed by atoms with Gasteiger partial charge in [0.1, 0.15) is 0 Å². The molecule has 1 rings (SSSR count). The molecule has 0 aromatic heterocycles. The van der Waals surface area contributed by atoms with Crippen LogP contribution in [0.2, 0.25) is 5.02 Å². The minimum atomic E-state index is 0.681. The summed E-state index contributed by atoms with van der Waals surface area (Å²) in [6.45, 7) is 4.76. The predicted octanol–water partition coefficient (Wildman–Crippen LogP) is 2.46. The van der Waals surface area contributed by atoms with E-state index in [4.69, 9.17) is 17.3 Å². The molecule has 2 N–H and O–H groups in total. The highest BCUT2D eigenvalue weighted by molar-refractivity contribution is 6.31. The first-order valence-electron chi connectivity index (χ1n) is 4.11. The van der Waals surface area contributed by atoms with Crippen LogP contribution in [0.3, 0.4) is 0 Å². The van der Waals surface area contributed by atoms with Gasteiger partial charge in [-0.25, -0.2) is 0 Å². The summed E-state index contributed by atoms with van der Waals surface area (Å²) in [4.78, 5) is 0. The predicted molar refractivity (Wildman–Crippen MR) is 53.7 cm³/mol. The number of hydrogen-bond acceptors (Lipinski definition) is 1. The monoisotopic (exact) mass is 183 g/mol. The third kappa shape index (κ3) is 1.99. The zero-order chi connectivity index (χ0) is 9.14. The van der Waals surface area contributed by atoms with Crippen LogP contribution in [-0.2, 0) is 6.42 Å². The lowest BCUT2D eigenvalue weighted by atomic mass is 10.0. The Morgan fingerprint density at radius 1 is 1.33 bits per heavy atom. The van der Waals surface area contributed by atoms with E-state index >= 15 is 0 Å². The summed E-state index contributed by atoms with van der Waals surface area (Å²) in [5, 5.41) is 0.846. The first-order valence-corrected chi connectivity index (χ1v) is 4.48. The maximum Gasteiger partial charge on any atom is 0.0440 e. The lowest BCUT2D eigenvalue weighted by Crippen LogP contribution is -2.04. The van der Waals surface area contributed by atoms with E-state index in [1.165, 1.54) is 11.1 Å². The number of hydrogen-bond donors (Lipinski definition) is 1. The second-order valence-electron chi connectivity index (χ2n) is 3.07. The molecule has 1 nitrogen and oxygen atoms in total. The van der Waals surface area contributed by atoms with Gasteiger partial charge < -0.3 is 5.73 Å². The van der Waals surface area contributed by atoms with Gasteiger partial charge in [-0.05, 0) is 49.6 Å². The molecule has 0 atom stereocenters. The van der Waals surface area contributed by atoms with Crippen molar-refractivity contribution in [1.82, 2.24) is 0 Å². The van der Waals surface area contributed by atoms with Gasteiger partial charge in [0.2, 0.25) is 0 Å². The molecule has 12 heavy (non-hydrogen) atoms. The van der Waals surface area contributed by atoms with Gasteiger partial charge in [0.05, 0.1) is 0 Å². The maximum absolute atomic E-state index is 6.01. The molecular formula is C10H14ClN. The molecule has 0 spiro atoms. The molecule has 0 bridgehead atoms. The first kappa shape index (κ1) is 9.56. The molecule has 1 aromatic rings. The lowest BCUT2D eigenvalue weighted by Gasteiger charge is -2.07. The van der Waals surface area contributed by atoms with Crippen LogP contribution < -0.4 is 5.73 Å². The fourth-order valence-electron chi connectivity index (χ4n) is 1.30. The van der Waals surface area contributed by atoms with Gasteiger partial charge in [0.15, 0.2) is 0 Å². The van der Waals surface area contributed by atoms with Crippen molar-refractivity contribution in [2.24, 2.45) is 5.73 Å². The summed E-state index contributed by atoms with van der Waals surface area (Å²) in [7, 11) is 0. The van der Waals surface area contributed by atoms with E-state index in [-0.39, 0.29) is 0 Å². The first-order chi connectivity index (χ1) is 5.65. The van der Waals surface area contributed by atoms with E-state index in [0.717, 1.165) is 17.0 Å². The zero-order valence-corrected chi connectivity index (χ0v) is 8.28. The molecule has 0 fully saturated rings. The number of halogens is 1. The minimum absolute atomic E-state index is 0.681. The molecule has 66 valence electrons. The molecule has 0 amide bonds. The van der Waals surface area contributed by atoms with Crippen LogP contribution in [0.5, 0.6) is 0 Å². The molecule has 0 aliphatic heterocycles. The molecule has 0 unspecified atom stereocenters. The SMILES string of the molecule is Cc1cc(Cl)c(C)c(CCN)c1. The quantitative estimate of drug-likeness (QED) is 0.749. The van der Waals surface area contributed by atoms with E-state index in [9.17, 15) is 0 Å². The van der Waals surface area contributed by atoms with Crippen molar-refractivity contribution in [2.75, 3.05) is 6.54 Å². The largest absolute Gasteiger partial charge is 0.330 e. The molecular weight excluding hydrogens is 170 g/mol. The van der Waals surface area contributed by atoms with Crippen LogP contribution in [0.15, 0.2) is 12.1 Å². The Morgan fingerprint density at radius 2 is 2.00 bits per heavy atom. The summed E-state index contributed by atoms with van der Waals surface area (Å²) in [5.74, 6) is 0. The molecule has 0 aliphatic carbocycles. The fourth-order valence-corrected chi connectivity index (χ4v) is 1.59. The maximum atomic E-state index is 6.01. The van der Waals surface area contributed by atoms with Crippen molar-refractivity contribution < 1.29 is 0 Å². The minimum Gasteiger partial charge on any atom is -0.330 e. The van der Waals surface area contributed by atoms with E-state index in [2.05, 4.69) is 6.07 Å². The van der Waals surface area contributed by atoms with Crippen molar-refractivity contribution in [3.63, 3.8) is 0 Å². The van der Waals surface area contributed by atoms with Gasteiger partial charge in [-0.1, -0.05) is 17.7 Å². The zero-order valence-electron chi connectivity index (χ0n) is 7.52. The standard InChI is InChI=1S/C10H14ClN/c1-7-5-9(3-4-12)8(2)10(11)6-7/h5-6H,3-4,12H2,1-2H3. The summed E-state index contributed by atoms with van der Waals surface area (Å²) >= 11 is 6.01. The van der Waals surface area contributed by atoms with E-state index < -0.39 is 0 Å².